The second-order valence-corrected chi connectivity index (χ2v) is 9.57. The molecule has 14 heteroatoms. The smallest absolute Gasteiger partial charge is 0.349 e. The summed E-state index contributed by atoms with van der Waals surface area (Å²) in [6.07, 6.45) is -8.29. The number of nitrogens with one attached hydrogen (secondary N) is 2. The van der Waals surface area contributed by atoms with Gasteiger partial charge in [-0.1, -0.05) is 18.2 Å². The van der Waals surface area contributed by atoms with Crippen LogP contribution in [0.1, 0.15) is 50.2 Å². The van der Waals surface area contributed by atoms with Crippen molar-refractivity contribution in [1.29, 1.82) is 0 Å². The van der Waals surface area contributed by atoms with Crippen molar-refractivity contribution in [3.63, 3.8) is 0 Å². The molecule has 0 bridgehead atoms. The Morgan fingerprint density at radius 2 is 1.72 bits per heavy atom. The average Bonchev–Trinajstić information content (AvgIpc) is 3.25. The first kappa shape index (κ1) is 30.0. The molecule has 210 valence electrons. The number of halogens is 7. The predicted molar refractivity (Wildman–Crippen MR) is 132 cm³/mol. The second kappa shape index (κ2) is 11.7. The van der Waals surface area contributed by atoms with Gasteiger partial charge in [-0.3, -0.25) is 14.3 Å². The molecule has 0 radical (unpaired) electrons. The van der Waals surface area contributed by atoms with E-state index in [0.717, 1.165) is 6.07 Å². The molecule has 2 amide bonds. The van der Waals surface area contributed by atoms with Gasteiger partial charge in [-0.25, -0.2) is 4.39 Å². The highest BCUT2D eigenvalue weighted by atomic mass is 32.2. The number of alkyl halides is 6. The lowest BCUT2D eigenvalue weighted by molar-refractivity contribution is -0.144. The number of aryl methyl sites for hydroxylation is 1. The van der Waals surface area contributed by atoms with Crippen LogP contribution in [0.25, 0.3) is 0 Å². The summed E-state index contributed by atoms with van der Waals surface area (Å²) in [4.78, 5) is 25.7. The Hall–Kier alpha value is -3.55. The minimum absolute atomic E-state index is 0.0595. The lowest BCUT2D eigenvalue weighted by Gasteiger charge is -2.16. The summed E-state index contributed by atoms with van der Waals surface area (Å²) in [6.45, 7) is 2.62. The molecule has 0 fully saturated rings. The molecule has 0 aliphatic heterocycles. The minimum Gasteiger partial charge on any atom is -0.349 e. The van der Waals surface area contributed by atoms with E-state index < -0.39 is 53.5 Å². The quantitative estimate of drug-likeness (QED) is 0.316. The second-order valence-electron chi connectivity index (χ2n) is 8.66. The van der Waals surface area contributed by atoms with Crippen LogP contribution in [0.3, 0.4) is 0 Å². The fourth-order valence-electron chi connectivity index (χ4n) is 3.76. The van der Waals surface area contributed by atoms with Gasteiger partial charge in [0.1, 0.15) is 11.5 Å². The van der Waals surface area contributed by atoms with Crippen LogP contribution in [-0.2, 0) is 18.9 Å². The molecule has 0 spiro atoms. The number of carbonyl (C=O) groups is 2. The first-order chi connectivity index (χ1) is 18.1. The van der Waals surface area contributed by atoms with Crippen molar-refractivity contribution in [3.05, 3.63) is 81.9 Å². The topological polar surface area (TPSA) is 76.0 Å². The van der Waals surface area contributed by atoms with Crippen LogP contribution in [0.15, 0.2) is 42.5 Å². The lowest BCUT2D eigenvalue weighted by atomic mass is 10.0. The van der Waals surface area contributed by atoms with E-state index >= 15 is 0 Å². The maximum Gasteiger partial charge on any atom is 0.435 e. The van der Waals surface area contributed by atoms with E-state index in [-0.39, 0.29) is 33.6 Å². The number of benzene rings is 2. The number of nitrogens with zero attached hydrogens (tertiary/aromatic N) is 2. The van der Waals surface area contributed by atoms with E-state index in [9.17, 15) is 40.3 Å². The van der Waals surface area contributed by atoms with Gasteiger partial charge in [0.15, 0.2) is 5.69 Å². The van der Waals surface area contributed by atoms with Crippen molar-refractivity contribution in [3.8, 4) is 0 Å². The molecule has 1 heterocycles. The number of anilines is 1. The number of hydrogen-bond donors (Lipinski definition) is 2. The Morgan fingerprint density at radius 3 is 2.31 bits per heavy atom. The normalized spacial score (nSPS) is 12.8. The van der Waals surface area contributed by atoms with Gasteiger partial charge in [-0.2, -0.15) is 43.2 Å². The number of aromatic nitrogens is 2. The summed E-state index contributed by atoms with van der Waals surface area (Å²) >= 11 is 1.47. The first-order valence-electron chi connectivity index (χ1n) is 11.3. The SMILES string of the molecule is CSC[C@H](C)NC(=O)c1c(F)cccc1C(=O)Nc1ccc(Cn2nc(C(F)(F)F)cc2C(F)(F)F)cc1C. The molecule has 2 aromatic carbocycles. The van der Waals surface area contributed by atoms with E-state index in [2.05, 4.69) is 15.7 Å². The molecule has 0 saturated heterocycles. The molecule has 39 heavy (non-hydrogen) atoms. The fraction of sp³-hybridized carbons (Fsp3) is 0.320. The molecule has 0 aliphatic rings. The number of hydrogen-bond acceptors (Lipinski definition) is 4. The summed E-state index contributed by atoms with van der Waals surface area (Å²) in [5.74, 6) is -1.92. The Morgan fingerprint density at radius 1 is 1.03 bits per heavy atom. The predicted octanol–water partition coefficient (Wildman–Crippen LogP) is 6.15. The third kappa shape index (κ3) is 7.31. The largest absolute Gasteiger partial charge is 0.435 e. The molecule has 3 rings (SSSR count). The molecule has 1 aromatic heterocycles. The number of thioether (sulfide) groups is 1. The fourth-order valence-corrected chi connectivity index (χ4v) is 4.35. The number of rotatable bonds is 8. The molecular formula is C25H23F7N4O2S. The molecule has 6 nitrogen and oxygen atoms in total. The minimum atomic E-state index is -5.07. The van der Waals surface area contributed by atoms with E-state index in [0.29, 0.717) is 11.3 Å². The molecule has 0 unspecified atom stereocenters. The van der Waals surface area contributed by atoms with E-state index in [1.165, 1.54) is 49.0 Å². The van der Waals surface area contributed by atoms with Crippen LogP contribution in [0.4, 0.5) is 36.4 Å². The maximum atomic E-state index is 14.6. The van der Waals surface area contributed by atoms with Gasteiger partial charge in [-0.05, 0) is 49.4 Å². The summed E-state index contributed by atoms with van der Waals surface area (Å²) in [5.41, 5.74) is -3.19. The molecule has 0 saturated carbocycles. The van der Waals surface area contributed by atoms with Gasteiger partial charge >= 0.3 is 12.4 Å². The first-order valence-corrected chi connectivity index (χ1v) is 12.7. The highest BCUT2D eigenvalue weighted by Crippen LogP contribution is 2.35. The zero-order valence-corrected chi connectivity index (χ0v) is 21.6. The van der Waals surface area contributed by atoms with Crippen molar-refractivity contribution in [1.82, 2.24) is 15.1 Å². The van der Waals surface area contributed by atoms with Crippen LogP contribution in [-0.4, -0.2) is 39.6 Å². The van der Waals surface area contributed by atoms with Gasteiger partial charge in [0.2, 0.25) is 0 Å². The van der Waals surface area contributed by atoms with Crippen LogP contribution in [0, 0.1) is 12.7 Å². The van der Waals surface area contributed by atoms with Crippen LogP contribution in [0.2, 0.25) is 0 Å². The summed E-state index contributed by atoms with van der Waals surface area (Å²) < 4.78 is 93.5. The van der Waals surface area contributed by atoms with Gasteiger partial charge in [0.05, 0.1) is 17.7 Å². The Balaban J connectivity index is 1.84. The van der Waals surface area contributed by atoms with Crippen LogP contribution >= 0.6 is 11.8 Å². The molecular weight excluding hydrogens is 553 g/mol. The Bertz CT molecular complexity index is 1370. The standard InChI is InChI=1S/C25H23F7N4O2S/c1-13-9-15(11-36-20(25(30,31)32)10-19(35-36)24(27,28)29)7-8-18(13)34-22(37)16-5-4-6-17(26)21(16)23(38)33-14(2)12-39-3/h4-10,14H,11-12H2,1-3H3,(H,33,38)(H,34,37)/t14-/m0/s1. The molecule has 3 aromatic rings. The number of carbonyl (C=O) groups excluding carboxylic acids is 2. The summed E-state index contributed by atoms with van der Waals surface area (Å²) in [5, 5.41) is 8.24. The number of amides is 2. The van der Waals surface area contributed by atoms with Gasteiger partial charge in [0.25, 0.3) is 11.8 Å². The van der Waals surface area contributed by atoms with E-state index in [4.69, 9.17) is 0 Å². The lowest BCUT2D eigenvalue weighted by Crippen LogP contribution is -2.36. The van der Waals surface area contributed by atoms with Crippen molar-refractivity contribution >= 4 is 29.3 Å². The highest BCUT2D eigenvalue weighted by Gasteiger charge is 2.41. The van der Waals surface area contributed by atoms with Crippen molar-refractivity contribution in [2.75, 3.05) is 17.3 Å². The monoisotopic (exact) mass is 576 g/mol. The average molecular weight is 577 g/mol. The van der Waals surface area contributed by atoms with Crippen molar-refractivity contribution in [2.45, 2.75) is 38.8 Å². The summed E-state index contributed by atoms with van der Waals surface area (Å²) in [6, 6.07) is 7.23. The van der Waals surface area contributed by atoms with Gasteiger partial charge < -0.3 is 10.6 Å². The van der Waals surface area contributed by atoms with Crippen LogP contribution in [0.5, 0.6) is 0 Å². The Labute approximate surface area is 223 Å². The van der Waals surface area contributed by atoms with Crippen LogP contribution < -0.4 is 10.6 Å². The third-order valence-electron chi connectivity index (χ3n) is 5.51. The zero-order chi connectivity index (χ0) is 29.1. The molecule has 2 N–H and O–H groups in total. The van der Waals surface area contributed by atoms with Crippen molar-refractivity contribution in [2.24, 2.45) is 0 Å². The van der Waals surface area contributed by atoms with Crippen molar-refractivity contribution < 1.29 is 40.3 Å². The summed E-state index contributed by atoms with van der Waals surface area (Å²) in [7, 11) is 0. The van der Waals surface area contributed by atoms with Gasteiger partial charge in [-0.15, -0.1) is 0 Å². The van der Waals surface area contributed by atoms with E-state index in [1.807, 2.05) is 6.26 Å². The third-order valence-corrected chi connectivity index (χ3v) is 6.34. The molecule has 0 aliphatic carbocycles. The highest BCUT2D eigenvalue weighted by molar-refractivity contribution is 7.98. The zero-order valence-electron chi connectivity index (χ0n) is 20.8. The maximum absolute atomic E-state index is 14.6. The van der Waals surface area contributed by atoms with Gasteiger partial charge in [0, 0.05) is 23.5 Å². The molecule has 1 atom stereocenters. The Kier molecular flexibility index (Phi) is 8.98. The van der Waals surface area contributed by atoms with E-state index in [1.54, 1.807) is 6.92 Å².